The zero-order chi connectivity index (χ0) is 11.8. The second-order valence-electron chi connectivity index (χ2n) is 3.29. The van der Waals surface area contributed by atoms with E-state index in [2.05, 4.69) is 20.9 Å². The van der Waals surface area contributed by atoms with Crippen molar-refractivity contribution >= 4 is 17.5 Å². The first-order valence-corrected chi connectivity index (χ1v) is 5.41. The highest BCUT2D eigenvalue weighted by Gasteiger charge is 1.99. The SMILES string of the molecule is CCNc1cccc(NCCC(=O)NC)n1. The summed E-state index contributed by atoms with van der Waals surface area (Å²) in [5.74, 6) is 1.64. The molecular formula is C11H18N4O. The van der Waals surface area contributed by atoms with Gasteiger partial charge in [-0.25, -0.2) is 4.98 Å². The Bertz CT molecular complexity index is 341. The van der Waals surface area contributed by atoms with Crippen molar-refractivity contribution in [2.75, 3.05) is 30.8 Å². The van der Waals surface area contributed by atoms with Gasteiger partial charge < -0.3 is 16.0 Å². The lowest BCUT2D eigenvalue weighted by Crippen LogP contribution is -2.21. The van der Waals surface area contributed by atoms with Crippen LogP contribution in [0.3, 0.4) is 0 Å². The summed E-state index contributed by atoms with van der Waals surface area (Å²) in [7, 11) is 1.63. The standard InChI is InChI=1S/C11H18N4O/c1-3-13-9-5-4-6-10(15-9)14-8-7-11(16)12-2/h4-6H,3,7-8H2,1-2H3,(H,12,16)(H2,13,14,15). The Hall–Kier alpha value is -1.78. The van der Waals surface area contributed by atoms with Crippen LogP contribution in [-0.2, 0) is 4.79 Å². The molecule has 16 heavy (non-hydrogen) atoms. The minimum Gasteiger partial charge on any atom is -0.370 e. The van der Waals surface area contributed by atoms with Gasteiger partial charge >= 0.3 is 0 Å². The Kier molecular flexibility index (Phi) is 5.11. The number of rotatable bonds is 6. The van der Waals surface area contributed by atoms with Gasteiger partial charge in [-0.2, -0.15) is 0 Å². The van der Waals surface area contributed by atoms with E-state index in [0.717, 1.165) is 18.2 Å². The fraction of sp³-hybridized carbons (Fsp3) is 0.455. The summed E-state index contributed by atoms with van der Waals surface area (Å²) in [5.41, 5.74) is 0. The summed E-state index contributed by atoms with van der Waals surface area (Å²) in [5, 5.41) is 8.80. The molecule has 0 aliphatic rings. The summed E-state index contributed by atoms with van der Waals surface area (Å²) in [6, 6.07) is 5.71. The van der Waals surface area contributed by atoms with E-state index < -0.39 is 0 Å². The van der Waals surface area contributed by atoms with Crippen molar-refractivity contribution in [3.05, 3.63) is 18.2 Å². The summed E-state index contributed by atoms with van der Waals surface area (Å²) in [4.78, 5) is 15.3. The quantitative estimate of drug-likeness (QED) is 0.673. The third-order valence-corrected chi connectivity index (χ3v) is 2.04. The Morgan fingerprint density at radius 1 is 1.31 bits per heavy atom. The van der Waals surface area contributed by atoms with Crippen LogP contribution in [0.1, 0.15) is 13.3 Å². The van der Waals surface area contributed by atoms with Crippen molar-refractivity contribution in [3.8, 4) is 0 Å². The third kappa shape index (κ3) is 4.16. The second kappa shape index (κ2) is 6.66. The molecule has 0 saturated heterocycles. The molecule has 0 radical (unpaired) electrons. The van der Waals surface area contributed by atoms with Crippen LogP contribution < -0.4 is 16.0 Å². The van der Waals surface area contributed by atoms with Crippen LogP contribution in [-0.4, -0.2) is 31.0 Å². The van der Waals surface area contributed by atoms with Crippen molar-refractivity contribution in [1.82, 2.24) is 10.3 Å². The highest BCUT2D eigenvalue weighted by molar-refractivity contribution is 5.76. The molecule has 1 rings (SSSR count). The summed E-state index contributed by atoms with van der Waals surface area (Å²) < 4.78 is 0. The van der Waals surface area contributed by atoms with Gasteiger partial charge in [0.25, 0.3) is 0 Å². The number of hydrogen-bond acceptors (Lipinski definition) is 4. The normalized spacial score (nSPS) is 9.62. The topological polar surface area (TPSA) is 66.0 Å². The van der Waals surface area contributed by atoms with Crippen molar-refractivity contribution in [1.29, 1.82) is 0 Å². The molecule has 1 aromatic heterocycles. The predicted octanol–water partition coefficient (Wildman–Crippen LogP) is 1.06. The van der Waals surface area contributed by atoms with Gasteiger partial charge in [-0.05, 0) is 19.1 Å². The van der Waals surface area contributed by atoms with Crippen LogP contribution in [0.4, 0.5) is 11.6 Å². The van der Waals surface area contributed by atoms with Crippen molar-refractivity contribution in [2.45, 2.75) is 13.3 Å². The molecule has 5 heteroatoms. The second-order valence-corrected chi connectivity index (χ2v) is 3.29. The zero-order valence-corrected chi connectivity index (χ0v) is 9.71. The van der Waals surface area contributed by atoms with Crippen molar-refractivity contribution < 1.29 is 4.79 Å². The average Bonchev–Trinajstić information content (AvgIpc) is 2.30. The molecule has 1 aromatic rings. The first-order valence-electron chi connectivity index (χ1n) is 5.41. The Morgan fingerprint density at radius 2 is 2.00 bits per heavy atom. The number of pyridine rings is 1. The van der Waals surface area contributed by atoms with Gasteiger partial charge in [0.15, 0.2) is 0 Å². The molecular weight excluding hydrogens is 204 g/mol. The molecule has 0 spiro atoms. The molecule has 88 valence electrons. The number of aromatic nitrogens is 1. The average molecular weight is 222 g/mol. The molecule has 0 aliphatic heterocycles. The lowest BCUT2D eigenvalue weighted by atomic mass is 10.4. The summed E-state index contributed by atoms with van der Waals surface area (Å²) in [6.07, 6.45) is 0.448. The first kappa shape index (κ1) is 12.3. The molecule has 0 saturated carbocycles. The summed E-state index contributed by atoms with van der Waals surface area (Å²) in [6.45, 7) is 3.45. The molecule has 0 atom stereocenters. The number of amides is 1. The molecule has 1 amide bonds. The van der Waals surface area contributed by atoms with Gasteiger partial charge in [0.1, 0.15) is 11.6 Å². The Labute approximate surface area is 95.7 Å². The maximum absolute atomic E-state index is 11.0. The molecule has 1 heterocycles. The number of carbonyl (C=O) groups is 1. The van der Waals surface area contributed by atoms with Crippen LogP contribution >= 0.6 is 0 Å². The van der Waals surface area contributed by atoms with E-state index in [9.17, 15) is 4.79 Å². The Morgan fingerprint density at radius 3 is 2.62 bits per heavy atom. The highest BCUT2D eigenvalue weighted by atomic mass is 16.1. The minimum atomic E-state index is 0.0235. The van der Waals surface area contributed by atoms with Crippen LogP contribution in [0.5, 0.6) is 0 Å². The lowest BCUT2D eigenvalue weighted by molar-refractivity contribution is -0.120. The van der Waals surface area contributed by atoms with Crippen molar-refractivity contribution in [2.24, 2.45) is 0 Å². The largest absolute Gasteiger partial charge is 0.370 e. The molecule has 0 fully saturated rings. The highest BCUT2D eigenvalue weighted by Crippen LogP contribution is 2.08. The van der Waals surface area contributed by atoms with Gasteiger partial charge in [-0.1, -0.05) is 6.07 Å². The number of hydrogen-bond donors (Lipinski definition) is 3. The van der Waals surface area contributed by atoms with E-state index in [0.29, 0.717) is 13.0 Å². The van der Waals surface area contributed by atoms with E-state index >= 15 is 0 Å². The van der Waals surface area contributed by atoms with Gasteiger partial charge in [0.05, 0.1) is 0 Å². The van der Waals surface area contributed by atoms with E-state index in [-0.39, 0.29) is 5.91 Å². The van der Waals surface area contributed by atoms with Gasteiger partial charge in [-0.15, -0.1) is 0 Å². The van der Waals surface area contributed by atoms with Crippen LogP contribution in [0.15, 0.2) is 18.2 Å². The molecule has 0 aliphatic carbocycles. The molecule has 0 unspecified atom stereocenters. The van der Waals surface area contributed by atoms with Gasteiger partial charge in [-0.3, -0.25) is 4.79 Å². The van der Waals surface area contributed by atoms with Crippen LogP contribution in [0, 0.1) is 0 Å². The molecule has 5 nitrogen and oxygen atoms in total. The summed E-state index contributed by atoms with van der Waals surface area (Å²) >= 11 is 0. The van der Waals surface area contributed by atoms with E-state index in [1.54, 1.807) is 7.05 Å². The maximum atomic E-state index is 11.0. The van der Waals surface area contributed by atoms with Gasteiger partial charge in [0, 0.05) is 26.6 Å². The lowest BCUT2D eigenvalue weighted by Gasteiger charge is -2.07. The molecule has 0 aromatic carbocycles. The molecule has 0 bridgehead atoms. The minimum absolute atomic E-state index is 0.0235. The fourth-order valence-electron chi connectivity index (χ4n) is 1.24. The maximum Gasteiger partial charge on any atom is 0.221 e. The Balaban J connectivity index is 2.41. The number of nitrogens with zero attached hydrogens (tertiary/aromatic N) is 1. The monoisotopic (exact) mass is 222 g/mol. The van der Waals surface area contributed by atoms with E-state index in [1.807, 2.05) is 25.1 Å². The van der Waals surface area contributed by atoms with Gasteiger partial charge in [0.2, 0.25) is 5.91 Å². The number of anilines is 2. The zero-order valence-electron chi connectivity index (χ0n) is 9.71. The van der Waals surface area contributed by atoms with Crippen molar-refractivity contribution in [3.63, 3.8) is 0 Å². The van der Waals surface area contributed by atoms with E-state index in [1.165, 1.54) is 0 Å². The first-order chi connectivity index (χ1) is 7.76. The third-order valence-electron chi connectivity index (χ3n) is 2.04. The van der Waals surface area contributed by atoms with Crippen LogP contribution in [0.2, 0.25) is 0 Å². The fourth-order valence-corrected chi connectivity index (χ4v) is 1.24. The smallest absolute Gasteiger partial charge is 0.221 e. The number of nitrogens with one attached hydrogen (secondary N) is 3. The molecule has 3 N–H and O–H groups in total. The van der Waals surface area contributed by atoms with E-state index in [4.69, 9.17) is 0 Å². The van der Waals surface area contributed by atoms with Crippen LogP contribution in [0.25, 0.3) is 0 Å². The number of carbonyl (C=O) groups excluding carboxylic acids is 1. The predicted molar refractivity (Wildman–Crippen MR) is 65.6 cm³/mol.